The number of aromatic nitrogens is 2. The fraction of sp³-hybridized carbons (Fsp3) is 0.438. The molecule has 0 atom stereocenters. The van der Waals surface area contributed by atoms with Crippen LogP contribution in [0, 0.1) is 0 Å². The van der Waals surface area contributed by atoms with Gasteiger partial charge in [-0.1, -0.05) is 17.3 Å². The Kier molecular flexibility index (Phi) is 5.12. The van der Waals surface area contributed by atoms with Crippen molar-refractivity contribution in [1.82, 2.24) is 20.4 Å². The summed E-state index contributed by atoms with van der Waals surface area (Å²) in [5.41, 5.74) is 6.36. The van der Waals surface area contributed by atoms with Gasteiger partial charge < -0.3 is 20.5 Å². The summed E-state index contributed by atoms with van der Waals surface area (Å²) in [5.74, 6) is 0.762. The highest BCUT2D eigenvalue weighted by Crippen LogP contribution is 2.18. The van der Waals surface area contributed by atoms with Crippen molar-refractivity contribution in [2.45, 2.75) is 32.5 Å². The molecular weight excluding hydrogens is 294 g/mol. The minimum atomic E-state index is -0.738. The van der Waals surface area contributed by atoms with Gasteiger partial charge in [-0.15, -0.1) is 0 Å². The predicted octanol–water partition coefficient (Wildman–Crippen LogP) is 1.25. The molecule has 0 fully saturated rings. The molecule has 0 aliphatic carbocycles. The largest absolute Gasteiger partial charge is 0.340 e. The molecule has 0 aliphatic rings. The van der Waals surface area contributed by atoms with Crippen molar-refractivity contribution >= 4 is 5.91 Å². The summed E-state index contributed by atoms with van der Waals surface area (Å²) in [6.45, 7) is 4.68. The van der Waals surface area contributed by atoms with Crippen molar-refractivity contribution < 1.29 is 9.32 Å². The van der Waals surface area contributed by atoms with E-state index >= 15 is 0 Å². The van der Waals surface area contributed by atoms with E-state index in [0.29, 0.717) is 30.4 Å². The van der Waals surface area contributed by atoms with Crippen LogP contribution in [0.5, 0.6) is 0 Å². The van der Waals surface area contributed by atoms with Crippen LogP contribution in [0.15, 0.2) is 28.8 Å². The Morgan fingerprint density at radius 3 is 2.52 bits per heavy atom. The van der Waals surface area contributed by atoms with Gasteiger partial charge in [-0.05, 0) is 45.6 Å². The zero-order chi connectivity index (χ0) is 17.0. The lowest BCUT2D eigenvalue weighted by atomic mass is 10.0. The molecule has 1 amide bonds. The zero-order valence-electron chi connectivity index (χ0n) is 14.0. The van der Waals surface area contributed by atoms with Gasteiger partial charge in [0.15, 0.2) is 5.82 Å². The second kappa shape index (κ2) is 6.89. The molecule has 0 aliphatic heterocycles. The zero-order valence-corrected chi connectivity index (χ0v) is 14.0. The van der Waals surface area contributed by atoms with Crippen LogP contribution in [-0.2, 0) is 18.6 Å². The molecule has 3 N–H and O–H groups in total. The average Bonchev–Trinajstić information content (AvgIpc) is 2.95. The van der Waals surface area contributed by atoms with E-state index in [2.05, 4.69) is 15.5 Å². The fourth-order valence-electron chi connectivity index (χ4n) is 2.05. The van der Waals surface area contributed by atoms with Gasteiger partial charge in [0.2, 0.25) is 5.89 Å². The maximum absolute atomic E-state index is 12.4. The van der Waals surface area contributed by atoms with Crippen LogP contribution in [0.3, 0.4) is 0 Å². The molecule has 2 aromatic rings. The number of hydrogen-bond donors (Lipinski definition) is 2. The first kappa shape index (κ1) is 17.1. The Morgan fingerprint density at radius 2 is 1.96 bits per heavy atom. The summed E-state index contributed by atoms with van der Waals surface area (Å²) in [5, 5.41) is 6.90. The molecule has 0 saturated carbocycles. The van der Waals surface area contributed by atoms with E-state index in [1.807, 2.05) is 45.0 Å². The molecule has 7 nitrogen and oxygen atoms in total. The molecule has 7 heteroatoms. The van der Waals surface area contributed by atoms with E-state index in [4.69, 9.17) is 10.3 Å². The monoisotopic (exact) mass is 317 g/mol. The van der Waals surface area contributed by atoms with Crippen LogP contribution < -0.4 is 11.1 Å². The SMILES string of the molecule is CN(C)Cc1nc(C(C)(C)NC(=O)c2ccc(CN)cc2)no1. The van der Waals surface area contributed by atoms with E-state index in [0.717, 1.165) is 5.56 Å². The van der Waals surface area contributed by atoms with Crippen LogP contribution in [0.2, 0.25) is 0 Å². The van der Waals surface area contributed by atoms with Crippen molar-refractivity contribution in [2.24, 2.45) is 5.73 Å². The molecule has 0 bridgehead atoms. The quantitative estimate of drug-likeness (QED) is 0.832. The number of amides is 1. The second-order valence-electron chi connectivity index (χ2n) is 6.23. The molecule has 1 aromatic carbocycles. The first-order chi connectivity index (χ1) is 10.8. The number of nitrogens with zero attached hydrogens (tertiary/aromatic N) is 3. The average molecular weight is 317 g/mol. The van der Waals surface area contributed by atoms with Crippen molar-refractivity contribution in [3.8, 4) is 0 Å². The van der Waals surface area contributed by atoms with E-state index in [-0.39, 0.29) is 5.91 Å². The second-order valence-corrected chi connectivity index (χ2v) is 6.23. The van der Waals surface area contributed by atoms with Gasteiger partial charge in [-0.25, -0.2) is 0 Å². The topological polar surface area (TPSA) is 97.3 Å². The van der Waals surface area contributed by atoms with Gasteiger partial charge in [-0.2, -0.15) is 4.98 Å². The van der Waals surface area contributed by atoms with Gasteiger partial charge >= 0.3 is 0 Å². The molecule has 0 unspecified atom stereocenters. The van der Waals surface area contributed by atoms with Gasteiger partial charge in [-0.3, -0.25) is 4.79 Å². The third-order valence-electron chi connectivity index (χ3n) is 3.36. The van der Waals surface area contributed by atoms with E-state index in [1.54, 1.807) is 12.1 Å². The normalized spacial score (nSPS) is 11.7. The molecule has 2 rings (SSSR count). The Labute approximate surface area is 135 Å². The summed E-state index contributed by atoms with van der Waals surface area (Å²) in [6.07, 6.45) is 0. The summed E-state index contributed by atoms with van der Waals surface area (Å²) >= 11 is 0. The van der Waals surface area contributed by atoms with Crippen LogP contribution in [0.1, 0.15) is 41.5 Å². The summed E-state index contributed by atoms with van der Waals surface area (Å²) < 4.78 is 5.21. The highest BCUT2D eigenvalue weighted by atomic mass is 16.5. The number of hydrogen-bond acceptors (Lipinski definition) is 6. The molecule has 0 radical (unpaired) electrons. The fourth-order valence-corrected chi connectivity index (χ4v) is 2.05. The number of nitrogens with one attached hydrogen (secondary N) is 1. The number of rotatable bonds is 6. The molecule has 1 heterocycles. The smallest absolute Gasteiger partial charge is 0.252 e. The minimum absolute atomic E-state index is 0.197. The maximum atomic E-state index is 12.4. The van der Waals surface area contributed by atoms with Gasteiger partial charge in [0.25, 0.3) is 5.91 Å². The number of benzene rings is 1. The third kappa shape index (κ3) is 4.37. The van der Waals surface area contributed by atoms with Gasteiger partial charge in [0.1, 0.15) is 0 Å². The summed E-state index contributed by atoms with van der Waals surface area (Å²) in [4.78, 5) is 18.7. The highest BCUT2D eigenvalue weighted by molar-refractivity contribution is 5.94. The van der Waals surface area contributed by atoms with Crippen LogP contribution in [-0.4, -0.2) is 35.0 Å². The van der Waals surface area contributed by atoms with E-state index in [1.165, 1.54) is 0 Å². The van der Waals surface area contributed by atoms with Gasteiger partial charge in [0, 0.05) is 12.1 Å². The highest BCUT2D eigenvalue weighted by Gasteiger charge is 2.29. The molecule has 0 saturated heterocycles. The lowest BCUT2D eigenvalue weighted by Gasteiger charge is -2.22. The standard InChI is InChI=1S/C16H23N5O2/c1-16(2,15-18-13(23-20-15)10-21(3)4)19-14(22)12-7-5-11(9-17)6-8-12/h5-8H,9-10,17H2,1-4H3,(H,19,22). The van der Waals surface area contributed by atoms with E-state index < -0.39 is 5.54 Å². The van der Waals surface area contributed by atoms with Crippen molar-refractivity contribution in [3.05, 3.63) is 47.1 Å². The number of nitrogens with two attached hydrogens (primary N) is 1. The molecule has 1 aromatic heterocycles. The molecule has 23 heavy (non-hydrogen) atoms. The van der Waals surface area contributed by atoms with Gasteiger partial charge in [0.05, 0.1) is 12.1 Å². The lowest BCUT2D eigenvalue weighted by Crippen LogP contribution is -2.41. The first-order valence-electron chi connectivity index (χ1n) is 7.41. The molecule has 124 valence electrons. The van der Waals surface area contributed by atoms with Crippen LogP contribution in [0.25, 0.3) is 0 Å². The summed E-state index contributed by atoms with van der Waals surface area (Å²) in [7, 11) is 3.84. The number of carbonyl (C=O) groups is 1. The Bertz CT molecular complexity index is 661. The molecule has 0 spiro atoms. The van der Waals surface area contributed by atoms with E-state index in [9.17, 15) is 4.79 Å². The predicted molar refractivity (Wildman–Crippen MR) is 86.5 cm³/mol. The van der Waals surface area contributed by atoms with Crippen molar-refractivity contribution in [1.29, 1.82) is 0 Å². The van der Waals surface area contributed by atoms with Crippen LogP contribution in [0.4, 0.5) is 0 Å². The van der Waals surface area contributed by atoms with Crippen LogP contribution >= 0.6 is 0 Å². The third-order valence-corrected chi connectivity index (χ3v) is 3.36. The summed E-state index contributed by atoms with van der Waals surface area (Å²) in [6, 6.07) is 7.18. The lowest BCUT2D eigenvalue weighted by molar-refractivity contribution is 0.0907. The molecular formula is C16H23N5O2. The Hall–Kier alpha value is -2.25. The Morgan fingerprint density at radius 1 is 1.30 bits per heavy atom. The first-order valence-corrected chi connectivity index (χ1v) is 7.41. The van der Waals surface area contributed by atoms with Crippen molar-refractivity contribution in [2.75, 3.05) is 14.1 Å². The maximum Gasteiger partial charge on any atom is 0.252 e. The minimum Gasteiger partial charge on any atom is -0.340 e. The Balaban J connectivity index is 2.09. The van der Waals surface area contributed by atoms with Crippen molar-refractivity contribution in [3.63, 3.8) is 0 Å². The number of carbonyl (C=O) groups excluding carboxylic acids is 1.